The molecule has 0 saturated carbocycles. The number of thiophene rings is 1. The second-order valence-corrected chi connectivity index (χ2v) is 12.0. The predicted molar refractivity (Wildman–Crippen MR) is 169 cm³/mol. The number of anilines is 1. The number of thiazole rings is 1. The molecule has 0 atom stereocenters. The first kappa shape index (κ1) is 28.3. The third-order valence-corrected chi connectivity index (χ3v) is 9.19. The maximum atomic E-state index is 13.4. The van der Waals surface area contributed by atoms with Crippen LogP contribution in [0.1, 0.15) is 46.1 Å². The van der Waals surface area contributed by atoms with Gasteiger partial charge in [0.1, 0.15) is 15.8 Å². The molecule has 0 radical (unpaired) electrons. The van der Waals surface area contributed by atoms with Crippen LogP contribution in [0.5, 0.6) is 5.75 Å². The van der Waals surface area contributed by atoms with Gasteiger partial charge >= 0.3 is 0 Å². The first-order chi connectivity index (χ1) is 19.2. The third kappa shape index (κ3) is 6.23. The van der Waals surface area contributed by atoms with Crippen LogP contribution in [0.15, 0.2) is 78.9 Å². The minimum Gasteiger partial charge on any atom is -0.494 e. The molecule has 5 nitrogen and oxygen atoms in total. The Bertz CT molecular complexity index is 1550. The molecule has 5 aromatic rings. The number of benzene rings is 3. The molecule has 6 rings (SSSR count). The number of nitrogens with zero attached hydrogens (tertiary/aromatic N) is 2. The zero-order chi connectivity index (χ0) is 26.6. The number of halogens is 1. The fraction of sp³-hybridized carbons (Fsp3) is 0.250. The molecule has 40 heavy (non-hydrogen) atoms. The van der Waals surface area contributed by atoms with E-state index in [1.807, 2.05) is 36.4 Å². The number of rotatable bonds is 9. The van der Waals surface area contributed by atoms with Crippen LogP contribution in [0.2, 0.25) is 0 Å². The van der Waals surface area contributed by atoms with Crippen molar-refractivity contribution in [2.24, 2.45) is 0 Å². The van der Waals surface area contributed by atoms with E-state index in [0.29, 0.717) is 12.2 Å². The molecule has 0 fully saturated rings. The minimum absolute atomic E-state index is 0. The van der Waals surface area contributed by atoms with Gasteiger partial charge in [0.15, 0.2) is 0 Å². The van der Waals surface area contributed by atoms with Crippen molar-refractivity contribution in [1.82, 2.24) is 9.88 Å². The van der Waals surface area contributed by atoms with Gasteiger partial charge in [-0.05, 0) is 60.4 Å². The lowest BCUT2D eigenvalue weighted by molar-refractivity contribution is 0.102. The summed E-state index contributed by atoms with van der Waals surface area (Å²) in [6.45, 7) is 5.59. The summed E-state index contributed by atoms with van der Waals surface area (Å²) in [7, 11) is 0. The summed E-state index contributed by atoms with van der Waals surface area (Å²) >= 11 is 3.38. The van der Waals surface area contributed by atoms with Gasteiger partial charge < -0.3 is 10.1 Å². The van der Waals surface area contributed by atoms with Gasteiger partial charge in [0, 0.05) is 35.6 Å². The van der Waals surface area contributed by atoms with E-state index in [2.05, 4.69) is 59.6 Å². The van der Waals surface area contributed by atoms with Crippen molar-refractivity contribution in [2.75, 3.05) is 18.5 Å². The fourth-order valence-electron chi connectivity index (χ4n) is 4.94. The van der Waals surface area contributed by atoms with E-state index in [1.54, 1.807) is 22.7 Å². The van der Waals surface area contributed by atoms with Gasteiger partial charge in [-0.2, -0.15) is 0 Å². The van der Waals surface area contributed by atoms with Crippen LogP contribution in [0.25, 0.3) is 20.8 Å². The maximum Gasteiger partial charge on any atom is 0.256 e. The molecule has 3 heterocycles. The Kier molecular flexibility index (Phi) is 9.17. The molecular formula is C32H32ClN3O2S2. The van der Waals surface area contributed by atoms with Crippen molar-refractivity contribution in [3.63, 3.8) is 0 Å². The summed E-state index contributed by atoms with van der Waals surface area (Å²) in [5, 5.41) is 5.11. The van der Waals surface area contributed by atoms with E-state index in [-0.39, 0.29) is 18.3 Å². The van der Waals surface area contributed by atoms with Gasteiger partial charge in [-0.25, -0.2) is 4.98 Å². The zero-order valence-corrected chi connectivity index (χ0v) is 24.8. The molecule has 1 aliphatic rings. The molecule has 2 aromatic heterocycles. The van der Waals surface area contributed by atoms with Gasteiger partial charge in [-0.3, -0.25) is 9.69 Å². The molecule has 0 unspecified atom stereocenters. The Labute approximate surface area is 249 Å². The fourth-order valence-corrected chi connectivity index (χ4v) is 7.33. The Morgan fingerprint density at radius 1 is 1.00 bits per heavy atom. The van der Waals surface area contributed by atoms with E-state index in [0.717, 1.165) is 70.4 Å². The van der Waals surface area contributed by atoms with Crippen LogP contribution >= 0.6 is 35.1 Å². The first-order valence-electron chi connectivity index (χ1n) is 13.5. The Hall–Kier alpha value is -3.23. The highest BCUT2D eigenvalue weighted by molar-refractivity contribution is 7.23. The van der Waals surface area contributed by atoms with Crippen molar-refractivity contribution in [2.45, 2.75) is 39.3 Å². The van der Waals surface area contributed by atoms with Crippen molar-refractivity contribution in [3.05, 3.63) is 100 Å². The molecular weight excluding hydrogens is 558 g/mol. The van der Waals surface area contributed by atoms with Crippen molar-refractivity contribution < 1.29 is 9.53 Å². The molecule has 0 saturated heterocycles. The van der Waals surface area contributed by atoms with Crippen LogP contribution in [0.3, 0.4) is 0 Å². The summed E-state index contributed by atoms with van der Waals surface area (Å²) in [5.74, 6) is 0.678. The molecule has 1 amide bonds. The summed E-state index contributed by atoms with van der Waals surface area (Å²) in [5.41, 5.74) is 5.33. The average molecular weight is 590 g/mol. The number of fused-ring (bicyclic) bond motifs is 2. The van der Waals surface area contributed by atoms with Crippen LogP contribution in [0.4, 0.5) is 5.00 Å². The van der Waals surface area contributed by atoms with Crippen LogP contribution in [-0.4, -0.2) is 28.9 Å². The highest BCUT2D eigenvalue weighted by Crippen LogP contribution is 2.46. The average Bonchev–Trinajstić information content (AvgIpc) is 3.54. The molecule has 8 heteroatoms. The second kappa shape index (κ2) is 13.0. The van der Waals surface area contributed by atoms with Gasteiger partial charge in [-0.15, -0.1) is 35.1 Å². The molecule has 1 aliphatic heterocycles. The number of para-hydroxylation sites is 1. The normalized spacial score (nSPS) is 13.0. The van der Waals surface area contributed by atoms with Gasteiger partial charge in [-0.1, -0.05) is 55.8 Å². The predicted octanol–water partition coefficient (Wildman–Crippen LogP) is 8.44. The van der Waals surface area contributed by atoms with Crippen molar-refractivity contribution in [1.29, 1.82) is 0 Å². The van der Waals surface area contributed by atoms with Crippen LogP contribution in [-0.2, 0) is 19.5 Å². The van der Waals surface area contributed by atoms with E-state index >= 15 is 0 Å². The number of nitrogens with one attached hydrogen (secondary N) is 1. The standard InChI is InChI=1S/C32H31N3O2S2.ClH/c1-2-3-19-37-24-15-13-23(14-16-24)30(36)34-32-29(31-33-26-11-7-8-12-27(26)38-31)25-17-18-35(21-28(25)39-32)20-22-9-5-4-6-10-22;/h4-16H,2-3,17-21H2,1H3,(H,34,36);1H. The number of aromatic nitrogens is 1. The van der Waals surface area contributed by atoms with E-state index < -0.39 is 0 Å². The largest absolute Gasteiger partial charge is 0.494 e. The van der Waals surface area contributed by atoms with E-state index in [1.165, 1.54) is 16.0 Å². The highest BCUT2D eigenvalue weighted by atomic mass is 35.5. The number of ether oxygens (including phenoxy) is 1. The third-order valence-electron chi connectivity index (χ3n) is 7.00. The Morgan fingerprint density at radius 3 is 2.55 bits per heavy atom. The van der Waals surface area contributed by atoms with Gasteiger partial charge in [0.2, 0.25) is 0 Å². The Balaban J connectivity index is 0.00000323. The summed E-state index contributed by atoms with van der Waals surface area (Å²) in [4.78, 5) is 22.2. The number of unbranched alkanes of at least 4 members (excludes halogenated alkanes) is 1. The first-order valence-corrected chi connectivity index (χ1v) is 15.1. The van der Waals surface area contributed by atoms with Gasteiger partial charge in [0.25, 0.3) is 5.91 Å². The number of hydrogen-bond acceptors (Lipinski definition) is 6. The quantitative estimate of drug-likeness (QED) is 0.175. The molecule has 1 N–H and O–H groups in total. The lowest BCUT2D eigenvalue weighted by Crippen LogP contribution is -2.29. The smallest absolute Gasteiger partial charge is 0.256 e. The zero-order valence-electron chi connectivity index (χ0n) is 22.4. The molecule has 206 valence electrons. The summed E-state index contributed by atoms with van der Waals surface area (Å²) in [6.07, 6.45) is 3.04. The Morgan fingerprint density at radius 2 is 1.77 bits per heavy atom. The van der Waals surface area contributed by atoms with Gasteiger partial charge in [0.05, 0.1) is 16.8 Å². The van der Waals surface area contributed by atoms with Crippen molar-refractivity contribution in [3.8, 4) is 16.3 Å². The van der Waals surface area contributed by atoms with Crippen molar-refractivity contribution >= 4 is 56.2 Å². The summed E-state index contributed by atoms with van der Waals surface area (Å²) < 4.78 is 6.93. The SMILES string of the molecule is CCCCOc1ccc(C(=O)Nc2sc3c(c2-c2nc4ccccc4s2)CCN(Cc2ccccc2)C3)cc1.Cl. The molecule has 0 spiro atoms. The second-order valence-electron chi connectivity index (χ2n) is 9.82. The molecule has 0 aliphatic carbocycles. The number of carbonyl (C=O) groups excluding carboxylic acids is 1. The molecule has 3 aromatic carbocycles. The van der Waals surface area contributed by atoms with Crippen LogP contribution in [0, 0.1) is 0 Å². The van der Waals surface area contributed by atoms with E-state index in [9.17, 15) is 4.79 Å². The topological polar surface area (TPSA) is 54.5 Å². The monoisotopic (exact) mass is 589 g/mol. The van der Waals surface area contributed by atoms with Crippen LogP contribution < -0.4 is 10.1 Å². The molecule has 0 bridgehead atoms. The number of carbonyl (C=O) groups is 1. The number of hydrogen-bond donors (Lipinski definition) is 1. The maximum absolute atomic E-state index is 13.4. The lowest BCUT2D eigenvalue weighted by atomic mass is 10.0. The summed E-state index contributed by atoms with van der Waals surface area (Å²) in [6, 6.07) is 26.3. The lowest BCUT2D eigenvalue weighted by Gasteiger charge is -2.27. The number of amides is 1. The minimum atomic E-state index is -0.114. The highest BCUT2D eigenvalue weighted by Gasteiger charge is 2.28. The van der Waals surface area contributed by atoms with E-state index in [4.69, 9.17) is 9.72 Å².